The summed E-state index contributed by atoms with van der Waals surface area (Å²) in [4.78, 5) is 24.0. The Balaban J connectivity index is 2.22. The molecular weight excluding hydrogens is 448 g/mol. The van der Waals surface area contributed by atoms with Gasteiger partial charge >= 0.3 is 0 Å². The first kappa shape index (κ1) is 30.4. The fourth-order valence-electron chi connectivity index (χ4n) is 2.60. The lowest BCUT2D eigenvalue weighted by atomic mass is 9.98. The van der Waals surface area contributed by atoms with Crippen LogP contribution in [0.5, 0.6) is 5.75 Å². The molecule has 0 saturated carbocycles. The molecule has 1 rings (SSSR count). The zero-order valence-corrected chi connectivity index (χ0v) is 22.0. The topological polar surface area (TPSA) is 124 Å². The van der Waals surface area contributed by atoms with Crippen LogP contribution < -0.4 is 26.4 Å². The first-order valence-corrected chi connectivity index (χ1v) is 11.8. The highest BCUT2D eigenvalue weighted by Crippen LogP contribution is 2.13. The Kier molecular flexibility index (Phi) is 13.3. The third-order valence-corrected chi connectivity index (χ3v) is 4.21. The van der Waals surface area contributed by atoms with Crippen LogP contribution >= 0.6 is 0 Å². The van der Waals surface area contributed by atoms with Gasteiger partial charge in [0.1, 0.15) is 25.2 Å². The van der Waals surface area contributed by atoms with E-state index in [0.29, 0.717) is 24.4 Å². The van der Waals surface area contributed by atoms with Crippen LogP contribution in [0.25, 0.3) is 0 Å². The molecular formula is C26H42N4O5. The Hall–Kier alpha value is -2.64. The number of nitrogens with two attached hydrogens (primary N) is 1. The highest BCUT2D eigenvalue weighted by Gasteiger charge is 2.11. The Labute approximate surface area is 209 Å². The minimum absolute atomic E-state index is 0.00144. The molecule has 9 heteroatoms. The van der Waals surface area contributed by atoms with Crippen molar-refractivity contribution in [1.82, 2.24) is 16.0 Å². The van der Waals surface area contributed by atoms with Crippen LogP contribution in [-0.4, -0.2) is 69.6 Å². The molecule has 0 aliphatic carbocycles. The van der Waals surface area contributed by atoms with Gasteiger partial charge in [0.25, 0.3) is 5.91 Å². The average Bonchev–Trinajstić information content (AvgIpc) is 2.77. The van der Waals surface area contributed by atoms with Crippen molar-refractivity contribution in [3.63, 3.8) is 0 Å². The third-order valence-electron chi connectivity index (χ3n) is 4.21. The van der Waals surface area contributed by atoms with Crippen LogP contribution in [0.1, 0.15) is 51.9 Å². The van der Waals surface area contributed by atoms with Crippen LogP contribution in [0.3, 0.4) is 0 Å². The number of carbonyl (C=O) groups is 2. The molecule has 196 valence electrons. The van der Waals surface area contributed by atoms with Gasteiger partial charge in [-0.25, -0.2) is 0 Å². The molecule has 0 fully saturated rings. The largest absolute Gasteiger partial charge is 0.489 e. The first-order chi connectivity index (χ1) is 16.4. The van der Waals surface area contributed by atoms with E-state index in [4.69, 9.17) is 19.9 Å². The van der Waals surface area contributed by atoms with Gasteiger partial charge in [0, 0.05) is 29.6 Å². The van der Waals surface area contributed by atoms with Gasteiger partial charge in [-0.2, -0.15) is 0 Å². The van der Waals surface area contributed by atoms with Gasteiger partial charge in [0.05, 0.1) is 19.8 Å². The van der Waals surface area contributed by atoms with Crippen LogP contribution in [0.4, 0.5) is 0 Å². The molecule has 9 nitrogen and oxygen atoms in total. The van der Waals surface area contributed by atoms with E-state index >= 15 is 0 Å². The summed E-state index contributed by atoms with van der Waals surface area (Å²) in [5.41, 5.74) is 6.32. The minimum atomic E-state index is -0.680. The normalized spacial score (nSPS) is 12.3. The number of nitrogens with one attached hydrogen (secondary N) is 3. The van der Waals surface area contributed by atoms with Gasteiger partial charge < -0.3 is 35.9 Å². The number of ether oxygens (including phenoxy) is 3. The first-order valence-electron chi connectivity index (χ1n) is 11.8. The number of hydrogen-bond donors (Lipinski definition) is 4. The van der Waals surface area contributed by atoms with Crippen LogP contribution in [0.2, 0.25) is 0 Å². The van der Waals surface area contributed by atoms with Gasteiger partial charge in [-0.15, -0.1) is 0 Å². The Morgan fingerprint density at radius 2 is 1.80 bits per heavy atom. The van der Waals surface area contributed by atoms with E-state index in [1.165, 1.54) is 0 Å². The van der Waals surface area contributed by atoms with E-state index in [-0.39, 0.29) is 55.7 Å². The summed E-state index contributed by atoms with van der Waals surface area (Å²) in [6.45, 7) is 14.2. The summed E-state index contributed by atoms with van der Waals surface area (Å²) in [7, 11) is 0. The van der Waals surface area contributed by atoms with Gasteiger partial charge in [-0.05, 0) is 59.7 Å². The van der Waals surface area contributed by atoms with Crippen molar-refractivity contribution < 1.29 is 23.8 Å². The van der Waals surface area contributed by atoms with Crippen molar-refractivity contribution in [2.75, 3.05) is 46.1 Å². The van der Waals surface area contributed by atoms with Crippen molar-refractivity contribution >= 4 is 11.8 Å². The molecule has 1 aromatic rings. The number of amides is 2. The van der Waals surface area contributed by atoms with Crippen molar-refractivity contribution in [2.24, 2.45) is 11.1 Å². The highest BCUT2D eigenvalue weighted by atomic mass is 16.6. The van der Waals surface area contributed by atoms with Crippen molar-refractivity contribution in [1.29, 1.82) is 0 Å². The lowest BCUT2D eigenvalue weighted by Crippen LogP contribution is -2.41. The Morgan fingerprint density at radius 3 is 2.49 bits per heavy atom. The van der Waals surface area contributed by atoms with Gasteiger partial charge in [0.2, 0.25) is 5.91 Å². The summed E-state index contributed by atoms with van der Waals surface area (Å²) >= 11 is 0. The smallest absolute Gasteiger partial charge is 0.251 e. The molecule has 2 amide bonds. The van der Waals surface area contributed by atoms with Crippen LogP contribution in [0, 0.1) is 17.3 Å². The van der Waals surface area contributed by atoms with Crippen LogP contribution in [0.15, 0.2) is 24.3 Å². The minimum Gasteiger partial charge on any atom is -0.489 e. The molecule has 1 aromatic carbocycles. The molecule has 0 bridgehead atoms. The zero-order chi connectivity index (χ0) is 26.3. The second-order valence-corrected chi connectivity index (χ2v) is 10.1. The fraction of sp³-hybridized carbons (Fsp3) is 0.615. The standard InChI is InChI=1S/C26H42N4O5/c1-25(2,3)11-8-12-28-23(31)19-33-15-16-34-22(27)18-35-21-10-7-9-20(17-21)24(32)29-13-14-30-26(4,5)6/h7,9-10,17,22,30H,12-16,18-19,27H2,1-6H3,(H,28,31)(H,29,32). The van der Waals surface area contributed by atoms with E-state index in [1.54, 1.807) is 24.3 Å². The number of carbonyl (C=O) groups excluding carboxylic acids is 2. The maximum Gasteiger partial charge on any atom is 0.251 e. The van der Waals surface area contributed by atoms with Crippen molar-refractivity contribution in [3.8, 4) is 17.6 Å². The maximum absolute atomic E-state index is 12.3. The molecule has 0 saturated heterocycles. The number of benzene rings is 1. The van der Waals surface area contributed by atoms with Gasteiger partial charge in [0.15, 0.2) is 0 Å². The second-order valence-electron chi connectivity index (χ2n) is 10.1. The predicted molar refractivity (Wildman–Crippen MR) is 137 cm³/mol. The molecule has 1 unspecified atom stereocenters. The molecule has 35 heavy (non-hydrogen) atoms. The lowest BCUT2D eigenvalue weighted by Gasteiger charge is -2.20. The Morgan fingerprint density at radius 1 is 1.06 bits per heavy atom. The third kappa shape index (κ3) is 16.6. The molecule has 0 aromatic heterocycles. The summed E-state index contributed by atoms with van der Waals surface area (Å²) in [6, 6.07) is 6.88. The summed E-state index contributed by atoms with van der Waals surface area (Å²) < 4.78 is 16.4. The van der Waals surface area contributed by atoms with E-state index < -0.39 is 6.23 Å². The zero-order valence-electron chi connectivity index (χ0n) is 22.0. The van der Waals surface area contributed by atoms with Crippen LogP contribution in [-0.2, 0) is 14.3 Å². The van der Waals surface area contributed by atoms with E-state index in [0.717, 1.165) is 0 Å². The lowest BCUT2D eigenvalue weighted by molar-refractivity contribution is -0.126. The predicted octanol–water partition coefficient (Wildman–Crippen LogP) is 1.67. The van der Waals surface area contributed by atoms with Gasteiger partial charge in [-0.1, -0.05) is 17.9 Å². The highest BCUT2D eigenvalue weighted by molar-refractivity contribution is 5.94. The maximum atomic E-state index is 12.3. The Bertz CT molecular complexity index is 850. The number of rotatable bonds is 14. The average molecular weight is 491 g/mol. The summed E-state index contributed by atoms with van der Waals surface area (Å²) in [6.07, 6.45) is -0.680. The van der Waals surface area contributed by atoms with E-state index in [9.17, 15) is 9.59 Å². The van der Waals surface area contributed by atoms with Crippen molar-refractivity contribution in [3.05, 3.63) is 29.8 Å². The quantitative estimate of drug-likeness (QED) is 0.178. The molecule has 1 atom stereocenters. The molecule has 0 heterocycles. The van der Waals surface area contributed by atoms with E-state index in [1.807, 2.05) is 20.8 Å². The monoisotopic (exact) mass is 490 g/mol. The van der Waals surface area contributed by atoms with Gasteiger partial charge in [-0.3, -0.25) is 9.59 Å². The number of hydrogen-bond acceptors (Lipinski definition) is 7. The molecule has 0 aliphatic heterocycles. The fourth-order valence-corrected chi connectivity index (χ4v) is 2.60. The molecule has 5 N–H and O–H groups in total. The van der Waals surface area contributed by atoms with E-state index in [2.05, 4.69) is 48.6 Å². The molecule has 0 aliphatic rings. The van der Waals surface area contributed by atoms with Crippen molar-refractivity contribution in [2.45, 2.75) is 53.3 Å². The summed E-state index contributed by atoms with van der Waals surface area (Å²) in [5, 5.41) is 8.86. The summed E-state index contributed by atoms with van der Waals surface area (Å²) in [5.74, 6) is 6.06. The SMILES string of the molecule is CC(C)(C)C#CCNC(=O)COCCOC(N)COc1cccc(C(=O)NCCNC(C)(C)C)c1. The molecule has 0 spiro atoms. The second kappa shape index (κ2) is 15.4. The molecule has 0 radical (unpaired) electrons.